The van der Waals surface area contributed by atoms with Crippen molar-refractivity contribution < 1.29 is 4.74 Å². The third kappa shape index (κ3) is 14.4. The first-order valence-corrected chi connectivity index (χ1v) is 6.07. The summed E-state index contributed by atoms with van der Waals surface area (Å²) in [7, 11) is 1.95. The lowest BCUT2D eigenvalue weighted by Crippen LogP contribution is -2.18. The Balaban J connectivity index is 0. The Morgan fingerprint density at radius 2 is 1.86 bits per heavy atom. The molecule has 14 heavy (non-hydrogen) atoms. The van der Waals surface area contributed by atoms with Crippen LogP contribution in [-0.4, -0.2) is 26.3 Å². The second-order valence-electron chi connectivity index (χ2n) is 3.28. The topological polar surface area (TPSA) is 21.3 Å². The molecule has 0 aliphatic carbocycles. The zero-order chi connectivity index (χ0) is 11.2. The van der Waals surface area contributed by atoms with Crippen molar-refractivity contribution in [3.05, 3.63) is 0 Å². The summed E-state index contributed by atoms with van der Waals surface area (Å²) in [5.74, 6) is 0. The molecule has 0 aromatic rings. The minimum atomic E-state index is 0.435. The summed E-state index contributed by atoms with van der Waals surface area (Å²) >= 11 is 0. The van der Waals surface area contributed by atoms with Gasteiger partial charge in [-0.2, -0.15) is 0 Å². The summed E-state index contributed by atoms with van der Waals surface area (Å²) in [6.45, 7) is 10.2. The normalized spacial score (nSPS) is 11.8. The fraction of sp³-hybridized carbons (Fsp3) is 1.00. The number of hydrogen-bond donors (Lipinski definition) is 1. The summed E-state index contributed by atoms with van der Waals surface area (Å²) in [5.41, 5.74) is 0. The van der Waals surface area contributed by atoms with E-state index in [0.29, 0.717) is 6.10 Å². The molecule has 0 radical (unpaired) electrons. The van der Waals surface area contributed by atoms with Crippen LogP contribution in [0.25, 0.3) is 0 Å². The maximum absolute atomic E-state index is 5.57. The minimum absolute atomic E-state index is 0.435. The van der Waals surface area contributed by atoms with E-state index in [9.17, 15) is 0 Å². The standard InChI is InChI=1S/C10H23NO.C2H6/c1-4-5-6-7-10(2)12-9-8-11-3;1-2/h10-11H,4-9H2,1-3H3;1-2H3. The zero-order valence-corrected chi connectivity index (χ0v) is 10.7. The van der Waals surface area contributed by atoms with E-state index in [0.717, 1.165) is 13.2 Å². The van der Waals surface area contributed by atoms with E-state index in [2.05, 4.69) is 19.2 Å². The largest absolute Gasteiger partial charge is 0.377 e. The number of likely N-dealkylation sites (N-methyl/N-ethyl adjacent to an activating group) is 1. The third-order valence-corrected chi connectivity index (χ3v) is 1.97. The van der Waals surface area contributed by atoms with Crippen LogP contribution in [0.4, 0.5) is 0 Å². The molecule has 0 amide bonds. The number of unbranched alkanes of at least 4 members (excludes halogenated alkanes) is 2. The molecule has 0 fully saturated rings. The Morgan fingerprint density at radius 1 is 1.21 bits per heavy atom. The van der Waals surface area contributed by atoms with Gasteiger partial charge in [-0.05, 0) is 20.4 Å². The van der Waals surface area contributed by atoms with Gasteiger partial charge in [0, 0.05) is 6.54 Å². The summed E-state index contributed by atoms with van der Waals surface area (Å²) in [6, 6.07) is 0. The van der Waals surface area contributed by atoms with Gasteiger partial charge in [0.25, 0.3) is 0 Å². The van der Waals surface area contributed by atoms with E-state index in [1.807, 2.05) is 20.9 Å². The smallest absolute Gasteiger partial charge is 0.0594 e. The minimum Gasteiger partial charge on any atom is -0.377 e. The first kappa shape index (κ1) is 16.4. The van der Waals surface area contributed by atoms with E-state index in [1.54, 1.807) is 0 Å². The Labute approximate surface area is 90.4 Å². The molecule has 0 aliphatic heterocycles. The highest BCUT2D eigenvalue weighted by Crippen LogP contribution is 2.05. The summed E-state index contributed by atoms with van der Waals surface area (Å²) in [5, 5.41) is 3.07. The van der Waals surface area contributed by atoms with E-state index < -0.39 is 0 Å². The molecule has 0 aromatic heterocycles. The van der Waals surface area contributed by atoms with Crippen molar-refractivity contribution in [1.82, 2.24) is 5.32 Å². The Bertz CT molecular complexity index is 76.4. The first-order chi connectivity index (χ1) is 6.81. The van der Waals surface area contributed by atoms with Crippen molar-refractivity contribution in [3.8, 4) is 0 Å². The van der Waals surface area contributed by atoms with Crippen molar-refractivity contribution in [2.75, 3.05) is 20.2 Å². The maximum Gasteiger partial charge on any atom is 0.0594 e. The number of rotatable bonds is 8. The molecule has 0 rings (SSSR count). The van der Waals surface area contributed by atoms with Gasteiger partial charge in [-0.15, -0.1) is 0 Å². The van der Waals surface area contributed by atoms with Crippen LogP contribution in [0.3, 0.4) is 0 Å². The Kier molecular flexibility index (Phi) is 18.0. The third-order valence-electron chi connectivity index (χ3n) is 1.97. The molecule has 88 valence electrons. The van der Waals surface area contributed by atoms with Crippen LogP contribution >= 0.6 is 0 Å². The van der Waals surface area contributed by atoms with E-state index in [4.69, 9.17) is 4.74 Å². The summed E-state index contributed by atoms with van der Waals surface area (Å²) in [4.78, 5) is 0. The van der Waals surface area contributed by atoms with Gasteiger partial charge >= 0.3 is 0 Å². The predicted molar refractivity (Wildman–Crippen MR) is 64.8 cm³/mol. The highest BCUT2D eigenvalue weighted by molar-refractivity contribution is 4.51. The highest BCUT2D eigenvalue weighted by Gasteiger charge is 1.99. The fourth-order valence-electron chi connectivity index (χ4n) is 1.13. The number of hydrogen-bond acceptors (Lipinski definition) is 2. The number of nitrogens with one attached hydrogen (secondary N) is 1. The van der Waals surface area contributed by atoms with Crippen LogP contribution in [0.5, 0.6) is 0 Å². The van der Waals surface area contributed by atoms with Crippen molar-refractivity contribution in [2.45, 2.75) is 59.5 Å². The predicted octanol–water partition coefficient (Wildman–Crippen LogP) is 3.22. The van der Waals surface area contributed by atoms with Gasteiger partial charge in [-0.3, -0.25) is 0 Å². The number of ether oxygens (including phenoxy) is 1. The van der Waals surface area contributed by atoms with Crippen LogP contribution in [0.15, 0.2) is 0 Å². The van der Waals surface area contributed by atoms with Gasteiger partial charge in [0.05, 0.1) is 12.7 Å². The van der Waals surface area contributed by atoms with E-state index in [1.165, 1.54) is 25.7 Å². The maximum atomic E-state index is 5.57. The summed E-state index contributed by atoms with van der Waals surface area (Å²) < 4.78 is 5.57. The van der Waals surface area contributed by atoms with Gasteiger partial charge in [0.15, 0.2) is 0 Å². The van der Waals surface area contributed by atoms with Crippen LogP contribution in [0, 0.1) is 0 Å². The summed E-state index contributed by atoms with van der Waals surface area (Å²) in [6.07, 6.45) is 5.57. The molecular weight excluding hydrogens is 174 g/mol. The second kappa shape index (κ2) is 15.4. The molecule has 2 nitrogen and oxygen atoms in total. The van der Waals surface area contributed by atoms with Gasteiger partial charge in [0.2, 0.25) is 0 Å². The molecular formula is C12H29NO. The lowest BCUT2D eigenvalue weighted by atomic mass is 10.1. The molecule has 2 heteroatoms. The molecule has 1 atom stereocenters. The Hall–Kier alpha value is -0.0800. The average molecular weight is 203 g/mol. The van der Waals surface area contributed by atoms with Gasteiger partial charge in [-0.1, -0.05) is 40.0 Å². The molecule has 0 saturated carbocycles. The van der Waals surface area contributed by atoms with Crippen molar-refractivity contribution in [1.29, 1.82) is 0 Å². The molecule has 0 bridgehead atoms. The fourth-order valence-corrected chi connectivity index (χ4v) is 1.13. The highest BCUT2D eigenvalue weighted by atomic mass is 16.5. The Morgan fingerprint density at radius 3 is 2.36 bits per heavy atom. The van der Waals surface area contributed by atoms with Crippen LogP contribution < -0.4 is 5.32 Å². The van der Waals surface area contributed by atoms with Crippen LogP contribution in [0.1, 0.15) is 53.4 Å². The second-order valence-corrected chi connectivity index (χ2v) is 3.28. The molecule has 1 N–H and O–H groups in total. The molecule has 1 unspecified atom stereocenters. The van der Waals surface area contributed by atoms with E-state index in [-0.39, 0.29) is 0 Å². The average Bonchev–Trinajstić information content (AvgIpc) is 2.22. The van der Waals surface area contributed by atoms with Crippen molar-refractivity contribution >= 4 is 0 Å². The quantitative estimate of drug-likeness (QED) is 0.612. The molecule has 0 aliphatic rings. The van der Waals surface area contributed by atoms with Crippen molar-refractivity contribution in [2.24, 2.45) is 0 Å². The molecule has 0 heterocycles. The SMILES string of the molecule is CC.CCCCCC(C)OCCNC. The lowest BCUT2D eigenvalue weighted by molar-refractivity contribution is 0.0613. The van der Waals surface area contributed by atoms with Gasteiger partial charge < -0.3 is 10.1 Å². The van der Waals surface area contributed by atoms with Gasteiger partial charge in [0.1, 0.15) is 0 Å². The van der Waals surface area contributed by atoms with Crippen LogP contribution in [-0.2, 0) is 4.74 Å². The molecule has 0 saturated heterocycles. The zero-order valence-electron chi connectivity index (χ0n) is 10.7. The first-order valence-electron chi connectivity index (χ1n) is 6.07. The lowest BCUT2D eigenvalue weighted by Gasteiger charge is -2.12. The van der Waals surface area contributed by atoms with Crippen LogP contribution in [0.2, 0.25) is 0 Å². The van der Waals surface area contributed by atoms with Crippen molar-refractivity contribution in [3.63, 3.8) is 0 Å². The van der Waals surface area contributed by atoms with Gasteiger partial charge in [-0.25, -0.2) is 0 Å². The molecule has 0 spiro atoms. The molecule has 0 aromatic carbocycles. The van der Waals surface area contributed by atoms with E-state index >= 15 is 0 Å². The monoisotopic (exact) mass is 203 g/mol.